The number of Topliss-reactive ketones (excluding diaryl/α,β-unsaturated/α-hetero) is 1. The van der Waals surface area contributed by atoms with E-state index in [2.05, 4.69) is 15.2 Å². The van der Waals surface area contributed by atoms with Crippen LogP contribution >= 0.6 is 11.3 Å². The lowest BCUT2D eigenvalue weighted by molar-refractivity contribution is 0.101. The van der Waals surface area contributed by atoms with Gasteiger partial charge in [0, 0.05) is 30.9 Å². The van der Waals surface area contributed by atoms with Crippen LogP contribution in [0.4, 0.5) is 0 Å². The zero-order valence-corrected chi connectivity index (χ0v) is 8.41. The van der Waals surface area contributed by atoms with E-state index >= 15 is 0 Å². The van der Waals surface area contributed by atoms with Crippen molar-refractivity contribution < 1.29 is 10.3 Å². The summed E-state index contributed by atoms with van der Waals surface area (Å²) in [6.45, 7) is 1.51. The van der Waals surface area contributed by atoms with Crippen LogP contribution in [0.15, 0.2) is 30.0 Å². The second kappa shape index (κ2) is 6.93. The first-order valence-corrected chi connectivity index (χ1v) is 4.53. The van der Waals surface area contributed by atoms with Gasteiger partial charge in [-0.1, -0.05) is 0 Å². The van der Waals surface area contributed by atoms with Crippen molar-refractivity contribution in [3.63, 3.8) is 0 Å². The molecule has 0 radical (unpaired) electrons. The topological polar surface area (TPSA) is 90.1 Å². The van der Waals surface area contributed by atoms with Crippen molar-refractivity contribution in [3.8, 4) is 0 Å². The summed E-state index contributed by atoms with van der Waals surface area (Å²) < 4.78 is 0. The van der Waals surface area contributed by atoms with Crippen LogP contribution in [0.25, 0.3) is 0 Å². The number of nitrogens with zero attached hydrogens (tertiary/aromatic N) is 2. The molecular weight excluding hydrogens is 202 g/mol. The lowest BCUT2D eigenvalue weighted by Gasteiger charge is -1.78. The minimum absolute atomic E-state index is 0. The molecule has 2 heterocycles. The van der Waals surface area contributed by atoms with Gasteiger partial charge in [-0.15, -0.1) is 11.3 Å². The monoisotopic (exact) mass is 213 g/mol. The fraction of sp³-hybridized carbons (Fsp3) is 0.125. The summed E-state index contributed by atoms with van der Waals surface area (Å²) in [6, 6.07) is 1.83. The molecule has 2 aromatic heterocycles. The van der Waals surface area contributed by atoms with Crippen molar-refractivity contribution in [2.45, 2.75) is 6.92 Å². The summed E-state index contributed by atoms with van der Waals surface area (Å²) in [5, 5.41) is 8.58. The third-order valence-electron chi connectivity index (χ3n) is 1.14. The van der Waals surface area contributed by atoms with Gasteiger partial charge < -0.3 is 5.48 Å². The van der Waals surface area contributed by atoms with Gasteiger partial charge >= 0.3 is 0 Å². The van der Waals surface area contributed by atoms with E-state index in [1.807, 2.05) is 6.07 Å². The van der Waals surface area contributed by atoms with Crippen LogP contribution in [-0.4, -0.2) is 26.4 Å². The second-order valence-corrected chi connectivity index (χ2v) is 3.05. The van der Waals surface area contributed by atoms with E-state index < -0.39 is 0 Å². The molecule has 0 aliphatic heterocycles. The van der Waals surface area contributed by atoms with Gasteiger partial charge in [-0.25, -0.2) is 4.98 Å². The van der Waals surface area contributed by atoms with Gasteiger partial charge in [-0.3, -0.25) is 9.89 Å². The minimum atomic E-state index is 0. The summed E-state index contributed by atoms with van der Waals surface area (Å²) in [4.78, 5) is 14.2. The quantitative estimate of drug-likeness (QED) is 0.714. The van der Waals surface area contributed by atoms with Crippen LogP contribution in [0.5, 0.6) is 0 Å². The Labute approximate surface area is 85.1 Å². The smallest absolute Gasteiger partial charge is 0.188 e. The first-order valence-electron chi connectivity index (χ1n) is 3.65. The summed E-state index contributed by atoms with van der Waals surface area (Å²) in [6.07, 6.45) is 5.08. The number of rotatable bonds is 1. The van der Waals surface area contributed by atoms with E-state index in [-0.39, 0.29) is 11.3 Å². The van der Waals surface area contributed by atoms with Gasteiger partial charge in [0.05, 0.1) is 0 Å². The Kier molecular flexibility index (Phi) is 6.17. The summed E-state index contributed by atoms with van der Waals surface area (Å²) in [5.41, 5.74) is 0. The molecule has 0 spiro atoms. The average Bonchev–Trinajstić information content (AvgIpc) is 2.82. The van der Waals surface area contributed by atoms with Crippen molar-refractivity contribution in [3.05, 3.63) is 35.0 Å². The molecule has 0 aliphatic rings. The van der Waals surface area contributed by atoms with Crippen LogP contribution < -0.4 is 0 Å². The van der Waals surface area contributed by atoms with Crippen LogP contribution in [0.3, 0.4) is 0 Å². The number of ketones is 1. The molecule has 14 heavy (non-hydrogen) atoms. The van der Waals surface area contributed by atoms with Crippen LogP contribution in [0.1, 0.15) is 16.7 Å². The number of aromatic amines is 1. The van der Waals surface area contributed by atoms with Crippen molar-refractivity contribution in [2.75, 3.05) is 0 Å². The highest BCUT2D eigenvalue weighted by Crippen LogP contribution is 2.02. The number of hydrogen-bond donors (Lipinski definition) is 1. The van der Waals surface area contributed by atoms with Gasteiger partial charge in [0.1, 0.15) is 0 Å². The zero-order chi connectivity index (χ0) is 9.52. The minimum Gasteiger partial charge on any atom is -0.412 e. The molecule has 0 atom stereocenters. The van der Waals surface area contributed by atoms with Gasteiger partial charge in [0.15, 0.2) is 10.8 Å². The molecule has 0 bridgehead atoms. The van der Waals surface area contributed by atoms with E-state index in [9.17, 15) is 4.79 Å². The maximum atomic E-state index is 10.5. The predicted molar refractivity (Wildman–Crippen MR) is 54.3 cm³/mol. The fourth-order valence-electron chi connectivity index (χ4n) is 0.612. The van der Waals surface area contributed by atoms with E-state index in [1.165, 1.54) is 18.3 Å². The maximum Gasteiger partial charge on any atom is 0.188 e. The lowest BCUT2D eigenvalue weighted by Crippen LogP contribution is -1.87. The van der Waals surface area contributed by atoms with E-state index in [1.54, 1.807) is 24.0 Å². The maximum absolute atomic E-state index is 10.5. The Morgan fingerprint density at radius 1 is 1.50 bits per heavy atom. The standard InChI is InChI=1S/C5H5NOS.C3H4N2.H2O/c1-4(7)5-6-2-3-8-5;1-2-4-5-3-1;/h2-3H,1H3;1-3H,(H,4,5);1H2. The molecule has 0 fully saturated rings. The number of hydrogen-bond acceptors (Lipinski definition) is 4. The van der Waals surface area contributed by atoms with Gasteiger partial charge in [0.2, 0.25) is 0 Å². The molecule has 0 aliphatic carbocycles. The second-order valence-electron chi connectivity index (χ2n) is 2.16. The third-order valence-corrected chi connectivity index (χ3v) is 2.01. The lowest BCUT2D eigenvalue weighted by atomic mass is 10.5. The van der Waals surface area contributed by atoms with E-state index in [4.69, 9.17) is 0 Å². The molecule has 0 unspecified atom stereocenters. The highest BCUT2D eigenvalue weighted by molar-refractivity contribution is 7.11. The summed E-state index contributed by atoms with van der Waals surface area (Å²) in [7, 11) is 0. The van der Waals surface area contributed by atoms with Crippen LogP contribution in [-0.2, 0) is 0 Å². The Balaban J connectivity index is 0.000000246. The summed E-state index contributed by atoms with van der Waals surface area (Å²) in [5.74, 6) is 0.0417. The Morgan fingerprint density at radius 2 is 2.29 bits per heavy atom. The van der Waals surface area contributed by atoms with Gasteiger partial charge in [-0.2, -0.15) is 5.10 Å². The van der Waals surface area contributed by atoms with Crippen molar-refractivity contribution in [2.24, 2.45) is 0 Å². The van der Waals surface area contributed by atoms with Gasteiger partial charge in [-0.05, 0) is 6.07 Å². The molecule has 5 nitrogen and oxygen atoms in total. The van der Waals surface area contributed by atoms with Crippen molar-refractivity contribution in [1.82, 2.24) is 15.2 Å². The number of H-pyrrole nitrogens is 1. The van der Waals surface area contributed by atoms with Crippen LogP contribution in [0.2, 0.25) is 0 Å². The largest absolute Gasteiger partial charge is 0.412 e. The van der Waals surface area contributed by atoms with Crippen molar-refractivity contribution in [1.29, 1.82) is 0 Å². The van der Waals surface area contributed by atoms with Gasteiger partial charge in [0.25, 0.3) is 0 Å². The molecule has 3 N–H and O–H groups in total. The van der Waals surface area contributed by atoms with Crippen LogP contribution in [0, 0.1) is 0 Å². The third kappa shape index (κ3) is 4.48. The van der Waals surface area contributed by atoms with E-state index in [0.29, 0.717) is 5.01 Å². The molecule has 2 aromatic rings. The SMILES string of the molecule is CC(=O)c1nccs1.O.c1cn[nH]c1. The first kappa shape index (κ1) is 12.5. The van der Waals surface area contributed by atoms with Crippen molar-refractivity contribution >= 4 is 17.1 Å². The number of carbonyl (C=O) groups excluding carboxylic acids is 1. The highest BCUT2D eigenvalue weighted by Gasteiger charge is 1.97. The molecule has 0 saturated carbocycles. The fourth-order valence-corrected chi connectivity index (χ4v) is 1.15. The Morgan fingerprint density at radius 3 is 2.50 bits per heavy atom. The highest BCUT2D eigenvalue weighted by atomic mass is 32.1. The Hall–Kier alpha value is -1.53. The van der Waals surface area contributed by atoms with E-state index in [0.717, 1.165) is 0 Å². The molecule has 2 rings (SSSR count). The molecule has 0 amide bonds. The first-order chi connectivity index (χ1) is 6.30. The number of aromatic nitrogens is 3. The predicted octanol–water partition coefficient (Wildman–Crippen LogP) is 0.931. The zero-order valence-electron chi connectivity index (χ0n) is 7.60. The number of thiazole rings is 1. The number of nitrogens with one attached hydrogen (secondary N) is 1. The molecule has 76 valence electrons. The number of carbonyl (C=O) groups is 1. The molecule has 6 heteroatoms. The summed E-state index contributed by atoms with van der Waals surface area (Å²) >= 11 is 1.37. The Bertz CT molecular complexity index is 314. The average molecular weight is 213 g/mol. The molecule has 0 aromatic carbocycles. The molecular formula is C8H11N3O2S. The molecule has 0 saturated heterocycles. The normalized spacial score (nSPS) is 8.07.